The minimum absolute atomic E-state index is 0.0980. The van der Waals surface area contributed by atoms with Gasteiger partial charge in [-0.05, 0) is 13.8 Å². The van der Waals surface area contributed by atoms with Crippen LogP contribution in [0.5, 0.6) is 0 Å². The van der Waals surface area contributed by atoms with E-state index in [1.807, 2.05) is 0 Å². The summed E-state index contributed by atoms with van der Waals surface area (Å²) < 4.78 is 21.3. The van der Waals surface area contributed by atoms with Crippen molar-refractivity contribution in [1.82, 2.24) is 0 Å². The maximum absolute atomic E-state index is 11.6. The van der Waals surface area contributed by atoms with Gasteiger partial charge in [0.1, 0.15) is 12.2 Å². The van der Waals surface area contributed by atoms with Gasteiger partial charge >= 0.3 is 11.9 Å². The molecule has 2 heterocycles. The van der Waals surface area contributed by atoms with Gasteiger partial charge in [-0.25, -0.2) is 4.79 Å². The summed E-state index contributed by atoms with van der Waals surface area (Å²) in [5, 5.41) is 0.548. The molecule has 2 aliphatic rings. The second-order valence-corrected chi connectivity index (χ2v) is 5.43. The minimum atomic E-state index is -0.743. The van der Waals surface area contributed by atoms with Gasteiger partial charge in [-0.1, -0.05) is 15.9 Å². The fraction of sp³-hybridized carbons (Fsp3) is 0.667. The Morgan fingerprint density at radius 3 is 2.74 bits per heavy atom. The first-order chi connectivity index (χ1) is 8.82. The number of esters is 2. The van der Waals surface area contributed by atoms with Gasteiger partial charge in [-0.2, -0.15) is 0 Å². The predicted molar refractivity (Wildman–Crippen MR) is 67.3 cm³/mol. The Morgan fingerprint density at radius 1 is 1.47 bits per heavy atom. The third kappa shape index (κ3) is 3.16. The van der Waals surface area contributed by atoms with Crippen LogP contribution in [0, 0.1) is 0 Å². The van der Waals surface area contributed by atoms with Crippen molar-refractivity contribution in [3.8, 4) is 0 Å². The number of alkyl halides is 1. The summed E-state index contributed by atoms with van der Waals surface area (Å²) in [6.07, 6.45) is 0.146. The molecule has 3 atom stereocenters. The highest BCUT2D eigenvalue weighted by molar-refractivity contribution is 9.09. The molecule has 0 bridgehead atoms. The zero-order valence-electron chi connectivity index (χ0n) is 10.8. The number of carbonyl (C=O) groups excluding carboxylic acids is 2. The number of hydrogen-bond donors (Lipinski definition) is 0. The molecule has 0 aromatic rings. The van der Waals surface area contributed by atoms with Crippen LogP contribution in [0.4, 0.5) is 0 Å². The molecule has 106 valence electrons. The van der Waals surface area contributed by atoms with E-state index in [1.165, 1.54) is 13.0 Å². The first-order valence-corrected chi connectivity index (χ1v) is 6.97. The van der Waals surface area contributed by atoms with Crippen molar-refractivity contribution in [3.05, 3.63) is 11.8 Å². The Balaban J connectivity index is 2.13. The van der Waals surface area contributed by atoms with Crippen LogP contribution in [-0.2, 0) is 28.5 Å². The van der Waals surface area contributed by atoms with Gasteiger partial charge in [-0.15, -0.1) is 0 Å². The summed E-state index contributed by atoms with van der Waals surface area (Å²) in [6, 6.07) is 0. The smallest absolute Gasteiger partial charge is 0.374 e. The van der Waals surface area contributed by atoms with Crippen molar-refractivity contribution in [1.29, 1.82) is 0 Å². The lowest BCUT2D eigenvalue weighted by atomic mass is 10.1. The molecular weight excluding hydrogens is 320 g/mol. The summed E-state index contributed by atoms with van der Waals surface area (Å²) in [4.78, 5) is 22.4. The molecule has 0 spiro atoms. The number of carbonyl (C=O) groups is 2. The third-order valence-electron chi connectivity index (χ3n) is 2.71. The van der Waals surface area contributed by atoms with Crippen LogP contribution in [0.1, 0.15) is 20.8 Å². The molecule has 19 heavy (non-hydrogen) atoms. The molecule has 0 aliphatic carbocycles. The Labute approximate surface area is 119 Å². The maximum atomic E-state index is 11.6. The van der Waals surface area contributed by atoms with E-state index >= 15 is 0 Å². The minimum Gasteiger partial charge on any atom is -0.449 e. The van der Waals surface area contributed by atoms with Gasteiger partial charge in [0.05, 0.1) is 0 Å². The fourth-order valence-electron chi connectivity index (χ4n) is 2.09. The zero-order chi connectivity index (χ0) is 14.2. The first-order valence-electron chi connectivity index (χ1n) is 5.85. The van der Waals surface area contributed by atoms with Crippen molar-refractivity contribution in [2.75, 3.05) is 5.33 Å². The van der Waals surface area contributed by atoms with Gasteiger partial charge in [0.2, 0.25) is 5.76 Å². The second-order valence-electron chi connectivity index (χ2n) is 4.79. The van der Waals surface area contributed by atoms with E-state index in [2.05, 4.69) is 15.9 Å². The molecule has 7 heteroatoms. The highest BCUT2D eigenvalue weighted by atomic mass is 79.9. The van der Waals surface area contributed by atoms with Crippen LogP contribution in [0.15, 0.2) is 11.8 Å². The lowest BCUT2D eigenvalue weighted by Crippen LogP contribution is -2.36. The molecule has 0 aromatic carbocycles. The monoisotopic (exact) mass is 334 g/mol. The van der Waals surface area contributed by atoms with E-state index in [1.54, 1.807) is 13.8 Å². The van der Waals surface area contributed by atoms with E-state index in [9.17, 15) is 9.59 Å². The molecule has 0 amide bonds. The summed E-state index contributed by atoms with van der Waals surface area (Å²) in [7, 11) is 0. The normalized spacial score (nSPS) is 32.9. The van der Waals surface area contributed by atoms with Crippen molar-refractivity contribution >= 4 is 27.9 Å². The van der Waals surface area contributed by atoms with Crippen LogP contribution < -0.4 is 0 Å². The molecule has 0 radical (unpaired) electrons. The number of rotatable bonds is 3. The molecule has 1 saturated heterocycles. The zero-order valence-corrected chi connectivity index (χ0v) is 12.4. The van der Waals surface area contributed by atoms with Gasteiger partial charge in [0, 0.05) is 18.3 Å². The van der Waals surface area contributed by atoms with Crippen LogP contribution in [0.2, 0.25) is 0 Å². The quantitative estimate of drug-likeness (QED) is 0.571. The number of cyclic esters (lactones) is 1. The molecule has 0 unspecified atom stereocenters. The average Bonchev–Trinajstić information content (AvgIpc) is 2.79. The third-order valence-corrected chi connectivity index (χ3v) is 3.35. The summed E-state index contributed by atoms with van der Waals surface area (Å²) >= 11 is 3.33. The Morgan fingerprint density at radius 2 is 2.16 bits per heavy atom. The van der Waals surface area contributed by atoms with Crippen molar-refractivity contribution in [2.45, 2.75) is 44.9 Å². The molecular formula is C12H15BrO6. The van der Waals surface area contributed by atoms with E-state index < -0.39 is 29.9 Å². The van der Waals surface area contributed by atoms with Gasteiger partial charge in [-0.3, -0.25) is 4.79 Å². The molecule has 2 rings (SSSR count). The number of ether oxygens (including phenoxy) is 4. The van der Waals surface area contributed by atoms with Crippen molar-refractivity contribution in [2.24, 2.45) is 0 Å². The van der Waals surface area contributed by atoms with Crippen molar-refractivity contribution in [3.63, 3.8) is 0 Å². The largest absolute Gasteiger partial charge is 0.449 e. The lowest BCUT2D eigenvalue weighted by molar-refractivity contribution is -0.163. The van der Waals surface area contributed by atoms with E-state index in [0.29, 0.717) is 5.33 Å². The van der Waals surface area contributed by atoms with Gasteiger partial charge < -0.3 is 18.9 Å². The summed E-state index contributed by atoms with van der Waals surface area (Å²) in [5.41, 5.74) is 0. The molecule has 1 fully saturated rings. The Hall–Kier alpha value is -0.920. The second kappa shape index (κ2) is 5.22. The Kier molecular flexibility index (Phi) is 3.98. The van der Waals surface area contributed by atoms with Crippen molar-refractivity contribution < 1.29 is 28.5 Å². The van der Waals surface area contributed by atoms with E-state index in [-0.39, 0.29) is 11.9 Å². The van der Waals surface area contributed by atoms with Gasteiger partial charge in [0.15, 0.2) is 11.9 Å². The maximum Gasteiger partial charge on any atom is 0.374 e. The standard InChI is InChI=1S/C12H15BrO6/c1-6(14)16-8-4-7(17-11(8)15)10-9(5-13)18-12(2,3)19-10/h4,7,9-10H,5H2,1-3H3/t7-,9+,10-/m0/s1. The fourth-order valence-corrected chi connectivity index (χ4v) is 2.59. The molecule has 0 N–H and O–H groups in total. The van der Waals surface area contributed by atoms with Gasteiger partial charge in [0.25, 0.3) is 0 Å². The molecule has 6 nitrogen and oxygen atoms in total. The van der Waals surface area contributed by atoms with E-state index in [4.69, 9.17) is 18.9 Å². The highest BCUT2D eigenvalue weighted by Gasteiger charge is 2.48. The molecule has 2 aliphatic heterocycles. The SMILES string of the molecule is CC(=O)OC1=C[C@@H]([C@@H]2OC(C)(C)O[C@@H]2CBr)OC1=O. The molecule has 0 aromatic heterocycles. The lowest BCUT2D eigenvalue weighted by Gasteiger charge is -2.19. The highest BCUT2D eigenvalue weighted by Crippen LogP contribution is 2.34. The van der Waals surface area contributed by atoms with Crippen LogP contribution in [0.25, 0.3) is 0 Å². The summed E-state index contributed by atoms with van der Waals surface area (Å²) in [5.74, 6) is -2.07. The molecule has 0 saturated carbocycles. The van der Waals surface area contributed by atoms with Crippen LogP contribution >= 0.6 is 15.9 Å². The Bertz CT molecular complexity index is 430. The van der Waals surface area contributed by atoms with Crippen LogP contribution in [-0.4, -0.2) is 41.4 Å². The topological polar surface area (TPSA) is 71.1 Å². The summed E-state index contributed by atoms with van der Waals surface area (Å²) in [6.45, 7) is 4.80. The predicted octanol–water partition coefficient (Wildman–Crippen LogP) is 1.27. The average molecular weight is 335 g/mol. The van der Waals surface area contributed by atoms with Crippen LogP contribution in [0.3, 0.4) is 0 Å². The van der Waals surface area contributed by atoms with E-state index in [0.717, 1.165) is 0 Å². The first kappa shape index (κ1) is 14.5. The number of hydrogen-bond acceptors (Lipinski definition) is 6. The number of halogens is 1.